The second kappa shape index (κ2) is 4.55. The van der Waals surface area contributed by atoms with Gasteiger partial charge in [-0.2, -0.15) is 0 Å². The van der Waals surface area contributed by atoms with Gasteiger partial charge in [-0.3, -0.25) is 0 Å². The van der Waals surface area contributed by atoms with Crippen molar-refractivity contribution in [1.29, 1.82) is 0 Å². The van der Waals surface area contributed by atoms with Gasteiger partial charge in [0.2, 0.25) is 0 Å². The molecule has 0 aliphatic heterocycles. The number of rotatable bonds is 0. The molecule has 0 N–H and O–H groups in total. The number of halogens is 4. The van der Waals surface area contributed by atoms with E-state index in [0.717, 1.165) is 0 Å². The van der Waals surface area contributed by atoms with E-state index in [1.165, 1.54) is 0 Å². The van der Waals surface area contributed by atoms with E-state index in [0.29, 0.717) is 0 Å². The summed E-state index contributed by atoms with van der Waals surface area (Å²) in [7, 11) is 17.4. The maximum atomic E-state index is 4.90. The van der Waals surface area contributed by atoms with Gasteiger partial charge in [0.05, 0.1) is 0 Å². The van der Waals surface area contributed by atoms with Crippen molar-refractivity contribution >= 4 is 69.9 Å². The van der Waals surface area contributed by atoms with Crippen LogP contribution in [0.1, 0.15) is 0 Å². The SMILES string of the molecule is [Cl][Cu]([Cl])([Cl])[Cl].[NaH]. The van der Waals surface area contributed by atoms with Gasteiger partial charge in [-0.25, -0.2) is 0 Å². The van der Waals surface area contributed by atoms with Gasteiger partial charge in [-0.05, 0) is 0 Å². The molecule has 0 nitrogen and oxygen atoms in total. The van der Waals surface area contributed by atoms with Gasteiger partial charge in [-0.15, -0.1) is 0 Å². The fourth-order valence-corrected chi connectivity index (χ4v) is 0. The van der Waals surface area contributed by atoms with Crippen LogP contribution < -0.4 is 0 Å². The third kappa shape index (κ3) is 30.0. The van der Waals surface area contributed by atoms with Crippen molar-refractivity contribution in [2.24, 2.45) is 0 Å². The molecule has 6 heavy (non-hydrogen) atoms. The first-order chi connectivity index (χ1) is 2.00. The zero-order valence-corrected chi connectivity index (χ0v) is 5.78. The molecule has 0 aromatic carbocycles. The van der Waals surface area contributed by atoms with Crippen LogP contribution in [-0.4, -0.2) is 29.6 Å². The molecule has 0 bridgehead atoms. The summed E-state index contributed by atoms with van der Waals surface area (Å²) in [5.41, 5.74) is 0. The molecule has 0 aromatic heterocycles. The van der Waals surface area contributed by atoms with Crippen LogP contribution >= 0.6 is 40.4 Å². The van der Waals surface area contributed by atoms with Crippen LogP contribution in [0.5, 0.6) is 0 Å². The molecule has 0 saturated carbocycles. The van der Waals surface area contributed by atoms with E-state index >= 15 is 0 Å². The van der Waals surface area contributed by atoms with Gasteiger partial charge in [0.25, 0.3) is 0 Å². The average molecular weight is 229 g/mol. The fraction of sp³-hybridized carbons (Fsp3) is 0. The van der Waals surface area contributed by atoms with Gasteiger partial charge in [-0.1, -0.05) is 0 Å². The Kier molecular flexibility index (Phi) is 8.70. The first-order valence-corrected chi connectivity index (χ1v) is 5.64. The minimum absolute atomic E-state index is 0. The summed E-state index contributed by atoms with van der Waals surface area (Å²) >= 11 is 0. The van der Waals surface area contributed by atoms with Gasteiger partial charge in [0, 0.05) is 0 Å². The summed E-state index contributed by atoms with van der Waals surface area (Å²) in [4.78, 5) is 0. The van der Waals surface area contributed by atoms with E-state index in [2.05, 4.69) is 0 Å². The molecular weight excluding hydrogens is 228 g/mol. The number of hydrogen-bond acceptors (Lipinski definition) is 0. The maximum absolute atomic E-state index is 4.90. The Balaban J connectivity index is 0. The molecule has 0 radical (unpaired) electrons. The third-order valence-corrected chi connectivity index (χ3v) is 0. The van der Waals surface area contributed by atoms with E-state index in [9.17, 15) is 0 Å². The molecule has 0 saturated heterocycles. The fourth-order valence-electron chi connectivity index (χ4n) is 0. The molecule has 0 atom stereocenters. The molecule has 0 aromatic rings. The van der Waals surface area contributed by atoms with Crippen molar-refractivity contribution < 1.29 is 9.20 Å². The van der Waals surface area contributed by atoms with Crippen LogP contribution in [0, 0.1) is 0 Å². The standard InChI is InChI=1S/4ClH.Cu.Na.H/h4*1H;;;/q;;;;+4;;/p-4. The van der Waals surface area contributed by atoms with Crippen LogP contribution in [0.15, 0.2) is 0 Å². The number of hydrogen-bond donors (Lipinski definition) is 0. The molecule has 0 amide bonds. The minimum atomic E-state index is -2.24. The van der Waals surface area contributed by atoms with Crippen molar-refractivity contribution in [1.82, 2.24) is 0 Å². The zero-order valence-electron chi connectivity index (χ0n) is 1.81. The molecular formula is HCl4CuNa. The second-order valence-electron chi connectivity index (χ2n) is 0.258. The van der Waals surface area contributed by atoms with Gasteiger partial charge >= 0.3 is 79.1 Å². The molecule has 0 spiro atoms. The van der Waals surface area contributed by atoms with Crippen LogP contribution in [0.25, 0.3) is 0 Å². The van der Waals surface area contributed by atoms with Gasteiger partial charge < -0.3 is 0 Å². The molecule has 6 heteroatoms. The Morgan fingerprint density at radius 3 is 0.833 bits per heavy atom. The van der Waals surface area contributed by atoms with Crippen molar-refractivity contribution in [2.75, 3.05) is 0 Å². The summed E-state index contributed by atoms with van der Waals surface area (Å²) in [6.45, 7) is 0. The molecule has 0 fully saturated rings. The second-order valence-corrected chi connectivity index (χ2v) is 9.59. The summed E-state index contributed by atoms with van der Waals surface area (Å²) in [6, 6.07) is 0. The first kappa shape index (κ1) is 11.5. The van der Waals surface area contributed by atoms with E-state index in [1.807, 2.05) is 0 Å². The quantitative estimate of drug-likeness (QED) is 0.558. The molecule has 0 aliphatic rings. The van der Waals surface area contributed by atoms with E-state index < -0.39 is 9.20 Å². The molecule has 0 unspecified atom stereocenters. The van der Waals surface area contributed by atoms with Crippen molar-refractivity contribution in [3.8, 4) is 0 Å². The van der Waals surface area contributed by atoms with Crippen LogP contribution in [-0.2, 0) is 9.20 Å². The van der Waals surface area contributed by atoms with E-state index in [1.54, 1.807) is 0 Å². The van der Waals surface area contributed by atoms with Crippen LogP contribution in [0.2, 0.25) is 0 Å². The van der Waals surface area contributed by atoms with Gasteiger partial charge in [0.15, 0.2) is 0 Å². The molecule has 0 rings (SSSR count). The monoisotopic (exact) mass is 227 g/mol. The Labute approximate surface area is 77.9 Å². The van der Waals surface area contributed by atoms with Crippen LogP contribution in [0.4, 0.5) is 0 Å². The first-order valence-electron chi connectivity index (χ1n) is 0.456. The van der Waals surface area contributed by atoms with E-state index in [-0.39, 0.29) is 29.6 Å². The third-order valence-electron chi connectivity index (χ3n) is 0. The predicted octanol–water partition coefficient (Wildman–Crippen LogP) is 2.11. The topological polar surface area (TPSA) is 0 Å². The van der Waals surface area contributed by atoms with Crippen LogP contribution in [0.3, 0.4) is 0 Å². The normalized spacial score (nSPS) is 12.7. The summed E-state index contributed by atoms with van der Waals surface area (Å²) < 4.78 is 0. The molecule has 41 valence electrons. The zero-order chi connectivity index (χ0) is 4.50. The summed E-state index contributed by atoms with van der Waals surface area (Å²) in [5.74, 6) is 0. The predicted molar refractivity (Wildman–Crippen MR) is 30.6 cm³/mol. The molecule has 0 aliphatic carbocycles. The van der Waals surface area contributed by atoms with Gasteiger partial charge in [0.1, 0.15) is 0 Å². The summed E-state index contributed by atoms with van der Waals surface area (Å²) in [6.07, 6.45) is 0. The van der Waals surface area contributed by atoms with Crippen molar-refractivity contribution in [3.05, 3.63) is 0 Å². The Morgan fingerprint density at radius 1 is 0.833 bits per heavy atom. The Hall–Kier alpha value is 2.68. The average Bonchev–Trinajstić information content (AvgIpc) is 0.722. The van der Waals surface area contributed by atoms with Crippen molar-refractivity contribution in [3.63, 3.8) is 0 Å². The van der Waals surface area contributed by atoms with Crippen molar-refractivity contribution in [2.45, 2.75) is 0 Å². The van der Waals surface area contributed by atoms with E-state index in [4.69, 9.17) is 40.4 Å². The Bertz CT molecular complexity index is 23.0. The molecule has 0 heterocycles. The Morgan fingerprint density at radius 2 is 0.833 bits per heavy atom. The summed E-state index contributed by atoms with van der Waals surface area (Å²) in [5, 5.41) is 0.